The molecule has 0 unspecified atom stereocenters. The zero-order valence-electron chi connectivity index (χ0n) is 9.97. The van der Waals surface area contributed by atoms with Crippen LogP contribution >= 0.6 is 0 Å². The molecule has 1 aromatic carbocycles. The molecule has 0 amide bonds. The zero-order chi connectivity index (χ0) is 11.4. The van der Waals surface area contributed by atoms with Crippen LogP contribution in [0, 0.1) is 0 Å². The van der Waals surface area contributed by atoms with E-state index in [0.717, 1.165) is 13.1 Å². The van der Waals surface area contributed by atoms with Gasteiger partial charge in [-0.2, -0.15) is 0 Å². The third-order valence-corrected chi connectivity index (χ3v) is 3.23. The van der Waals surface area contributed by atoms with E-state index in [0.29, 0.717) is 6.04 Å². The van der Waals surface area contributed by atoms with Crippen LogP contribution in [0.4, 0.5) is 0 Å². The standard InChI is InChI=1S/C14H20N2/c1-3-9-15(2)14-11-16(12-14)10-13-7-5-4-6-8-13/h3-8,14H,1,9-12H2,2H3. The van der Waals surface area contributed by atoms with Gasteiger partial charge in [0, 0.05) is 32.2 Å². The Morgan fingerprint density at radius 1 is 1.38 bits per heavy atom. The Morgan fingerprint density at radius 2 is 2.06 bits per heavy atom. The van der Waals surface area contributed by atoms with E-state index in [2.05, 4.69) is 53.8 Å². The Bertz CT molecular complexity index is 328. The number of nitrogens with zero attached hydrogens (tertiary/aromatic N) is 2. The predicted octanol–water partition coefficient (Wildman–Crippen LogP) is 1.99. The largest absolute Gasteiger partial charge is 0.297 e. The van der Waals surface area contributed by atoms with Crippen LogP contribution < -0.4 is 0 Å². The van der Waals surface area contributed by atoms with Gasteiger partial charge >= 0.3 is 0 Å². The van der Waals surface area contributed by atoms with Gasteiger partial charge in [-0.1, -0.05) is 36.4 Å². The Balaban J connectivity index is 1.75. The number of hydrogen-bond acceptors (Lipinski definition) is 2. The lowest BCUT2D eigenvalue weighted by Crippen LogP contribution is -2.57. The number of hydrogen-bond donors (Lipinski definition) is 0. The van der Waals surface area contributed by atoms with E-state index in [1.165, 1.54) is 18.7 Å². The summed E-state index contributed by atoms with van der Waals surface area (Å²) >= 11 is 0. The molecule has 1 aliphatic rings. The Labute approximate surface area is 98.2 Å². The summed E-state index contributed by atoms with van der Waals surface area (Å²) in [6.07, 6.45) is 1.97. The molecule has 2 rings (SSSR count). The molecule has 2 heteroatoms. The first-order valence-electron chi connectivity index (χ1n) is 5.87. The fourth-order valence-electron chi connectivity index (χ4n) is 2.14. The minimum atomic E-state index is 0.710. The van der Waals surface area contributed by atoms with Crippen molar-refractivity contribution in [1.29, 1.82) is 0 Å². The minimum Gasteiger partial charge on any atom is -0.297 e. The van der Waals surface area contributed by atoms with Gasteiger partial charge < -0.3 is 0 Å². The molecule has 2 nitrogen and oxygen atoms in total. The van der Waals surface area contributed by atoms with E-state index in [1.54, 1.807) is 0 Å². The molecule has 0 radical (unpaired) electrons. The summed E-state index contributed by atoms with van der Waals surface area (Å²) < 4.78 is 0. The normalized spacial score (nSPS) is 17.4. The smallest absolute Gasteiger partial charge is 0.0350 e. The Morgan fingerprint density at radius 3 is 2.69 bits per heavy atom. The first-order valence-corrected chi connectivity index (χ1v) is 5.87. The van der Waals surface area contributed by atoms with Gasteiger partial charge in [0.25, 0.3) is 0 Å². The maximum atomic E-state index is 3.77. The summed E-state index contributed by atoms with van der Waals surface area (Å²) in [5.74, 6) is 0. The molecular weight excluding hydrogens is 196 g/mol. The lowest BCUT2D eigenvalue weighted by Gasteiger charge is -2.43. The van der Waals surface area contributed by atoms with Crippen molar-refractivity contribution in [3.05, 3.63) is 48.6 Å². The fourth-order valence-corrected chi connectivity index (χ4v) is 2.14. The number of rotatable bonds is 5. The van der Waals surface area contributed by atoms with Gasteiger partial charge in [0.05, 0.1) is 0 Å². The van der Waals surface area contributed by atoms with Crippen molar-refractivity contribution in [3.63, 3.8) is 0 Å². The molecular formula is C14H20N2. The van der Waals surface area contributed by atoms with Crippen LogP contribution in [-0.2, 0) is 6.54 Å². The van der Waals surface area contributed by atoms with Crippen molar-refractivity contribution in [3.8, 4) is 0 Å². The van der Waals surface area contributed by atoms with Gasteiger partial charge in [0.15, 0.2) is 0 Å². The topological polar surface area (TPSA) is 6.48 Å². The molecule has 1 aliphatic heterocycles. The van der Waals surface area contributed by atoms with Gasteiger partial charge in [-0.3, -0.25) is 9.80 Å². The summed E-state index contributed by atoms with van der Waals surface area (Å²) in [6, 6.07) is 11.4. The highest BCUT2D eigenvalue weighted by Gasteiger charge is 2.28. The SMILES string of the molecule is C=CCN(C)C1CN(Cc2ccccc2)C1. The maximum Gasteiger partial charge on any atom is 0.0350 e. The highest BCUT2D eigenvalue weighted by Crippen LogP contribution is 2.16. The second-order valence-corrected chi connectivity index (χ2v) is 4.56. The fraction of sp³-hybridized carbons (Fsp3) is 0.429. The van der Waals surface area contributed by atoms with Gasteiger partial charge in [-0.15, -0.1) is 6.58 Å². The minimum absolute atomic E-state index is 0.710. The molecule has 1 saturated heterocycles. The second kappa shape index (κ2) is 5.28. The third-order valence-electron chi connectivity index (χ3n) is 3.23. The number of likely N-dealkylation sites (N-methyl/N-ethyl adjacent to an activating group) is 1. The summed E-state index contributed by atoms with van der Waals surface area (Å²) in [6.45, 7) is 8.21. The summed E-state index contributed by atoms with van der Waals surface area (Å²) in [5, 5.41) is 0. The van der Waals surface area contributed by atoms with E-state index in [-0.39, 0.29) is 0 Å². The highest BCUT2D eigenvalue weighted by atomic mass is 15.3. The van der Waals surface area contributed by atoms with Gasteiger partial charge in [-0.05, 0) is 12.6 Å². The lowest BCUT2D eigenvalue weighted by molar-refractivity contribution is 0.0497. The van der Waals surface area contributed by atoms with E-state index >= 15 is 0 Å². The monoisotopic (exact) mass is 216 g/mol. The first-order chi connectivity index (χ1) is 7.79. The summed E-state index contributed by atoms with van der Waals surface area (Å²) in [4.78, 5) is 4.86. The Kier molecular flexibility index (Phi) is 3.75. The number of benzene rings is 1. The predicted molar refractivity (Wildman–Crippen MR) is 68.3 cm³/mol. The van der Waals surface area contributed by atoms with E-state index in [9.17, 15) is 0 Å². The molecule has 0 saturated carbocycles. The van der Waals surface area contributed by atoms with E-state index in [4.69, 9.17) is 0 Å². The lowest BCUT2D eigenvalue weighted by atomic mass is 10.1. The van der Waals surface area contributed by atoms with Gasteiger partial charge in [0.1, 0.15) is 0 Å². The van der Waals surface area contributed by atoms with Crippen LogP contribution in [-0.4, -0.2) is 42.5 Å². The molecule has 0 spiro atoms. The van der Waals surface area contributed by atoms with Crippen molar-refractivity contribution in [2.75, 3.05) is 26.7 Å². The third kappa shape index (κ3) is 2.71. The molecule has 16 heavy (non-hydrogen) atoms. The molecule has 0 atom stereocenters. The quantitative estimate of drug-likeness (QED) is 0.695. The van der Waals surface area contributed by atoms with Crippen molar-refractivity contribution < 1.29 is 0 Å². The van der Waals surface area contributed by atoms with Crippen LogP contribution in [0.2, 0.25) is 0 Å². The van der Waals surface area contributed by atoms with Crippen LogP contribution in [0.5, 0.6) is 0 Å². The molecule has 1 aromatic rings. The van der Waals surface area contributed by atoms with Crippen LogP contribution in [0.1, 0.15) is 5.56 Å². The molecule has 1 heterocycles. The van der Waals surface area contributed by atoms with Crippen LogP contribution in [0.15, 0.2) is 43.0 Å². The summed E-state index contributed by atoms with van der Waals surface area (Å²) in [5.41, 5.74) is 1.41. The van der Waals surface area contributed by atoms with Crippen LogP contribution in [0.25, 0.3) is 0 Å². The average molecular weight is 216 g/mol. The average Bonchev–Trinajstić information content (AvgIpc) is 2.24. The second-order valence-electron chi connectivity index (χ2n) is 4.56. The van der Waals surface area contributed by atoms with Crippen molar-refractivity contribution in [2.45, 2.75) is 12.6 Å². The van der Waals surface area contributed by atoms with E-state index in [1.807, 2.05) is 6.08 Å². The first kappa shape index (κ1) is 11.4. The summed E-state index contributed by atoms with van der Waals surface area (Å²) in [7, 11) is 2.17. The molecule has 0 bridgehead atoms. The number of likely N-dealkylation sites (tertiary alicyclic amines) is 1. The van der Waals surface area contributed by atoms with Crippen LogP contribution in [0.3, 0.4) is 0 Å². The molecule has 0 aromatic heterocycles. The zero-order valence-corrected chi connectivity index (χ0v) is 9.97. The van der Waals surface area contributed by atoms with Crippen molar-refractivity contribution in [1.82, 2.24) is 9.80 Å². The van der Waals surface area contributed by atoms with Gasteiger partial charge in [-0.25, -0.2) is 0 Å². The van der Waals surface area contributed by atoms with Crippen molar-refractivity contribution >= 4 is 0 Å². The van der Waals surface area contributed by atoms with Gasteiger partial charge in [0.2, 0.25) is 0 Å². The molecule has 86 valence electrons. The Hall–Kier alpha value is -1.12. The maximum absolute atomic E-state index is 3.77. The molecule has 0 aliphatic carbocycles. The highest BCUT2D eigenvalue weighted by molar-refractivity contribution is 5.15. The molecule has 0 N–H and O–H groups in total. The molecule has 1 fully saturated rings. The van der Waals surface area contributed by atoms with Crippen molar-refractivity contribution in [2.24, 2.45) is 0 Å². The van der Waals surface area contributed by atoms with E-state index < -0.39 is 0 Å².